The number of anilines is 2. The lowest BCUT2D eigenvalue weighted by Gasteiger charge is -2.22. The smallest absolute Gasteiger partial charge is 0.295 e. The maximum atomic E-state index is 5.73. The first-order valence-electron chi connectivity index (χ1n) is 6.48. The first-order chi connectivity index (χ1) is 9.54. The van der Waals surface area contributed by atoms with Crippen LogP contribution in [-0.4, -0.2) is 11.5 Å². The van der Waals surface area contributed by atoms with Crippen molar-refractivity contribution in [3.63, 3.8) is 0 Å². The van der Waals surface area contributed by atoms with Crippen LogP contribution in [0.25, 0.3) is 11.1 Å². The molecule has 5 heteroatoms. The molecule has 0 saturated heterocycles. The van der Waals surface area contributed by atoms with Crippen molar-refractivity contribution in [2.24, 2.45) is 0 Å². The molecule has 3 rings (SSSR count). The second-order valence-electron chi connectivity index (χ2n) is 5.46. The van der Waals surface area contributed by atoms with Gasteiger partial charge >= 0.3 is 0 Å². The predicted molar refractivity (Wildman–Crippen MR) is 84.3 cm³/mol. The SMILES string of the molecule is CC(C)(CNc1nc2ccc(N)cc2o1)c1cccs1. The van der Waals surface area contributed by atoms with E-state index in [1.165, 1.54) is 4.88 Å². The summed E-state index contributed by atoms with van der Waals surface area (Å²) >= 11 is 1.76. The molecule has 0 unspecified atom stereocenters. The standard InChI is InChI=1S/C15H17N3OS/c1-15(2,13-4-3-7-20-13)9-17-14-18-11-6-5-10(16)8-12(11)19-14/h3-8H,9,16H2,1-2H3,(H,17,18). The van der Waals surface area contributed by atoms with Gasteiger partial charge in [-0.3, -0.25) is 0 Å². The second-order valence-corrected chi connectivity index (χ2v) is 6.41. The Morgan fingerprint density at radius 1 is 1.35 bits per heavy atom. The number of hydrogen-bond donors (Lipinski definition) is 2. The minimum atomic E-state index is 0.0356. The average molecular weight is 287 g/mol. The van der Waals surface area contributed by atoms with E-state index in [1.807, 2.05) is 12.1 Å². The number of thiophene rings is 1. The van der Waals surface area contributed by atoms with Crippen LogP contribution in [0.4, 0.5) is 11.7 Å². The monoisotopic (exact) mass is 287 g/mol. The third-order valence-electron chi connectivity index (χ3n) is 3.28. The van der Waals surface area contributed by atoms with Crippen LogP contribution in [-0.2, 0) is 5.41 Å². The number of rotatable bonds is 4. The third-order valence-corrected chi connectivity index (χ3v) is 4.52. The molecule has 3 aromatic rings. The summed E-state index contributed by atoms with van der Waals surface area (Å²) in [4.78, 5) is 5.75. The molecule has 3 N–H and O–H groups in total. The molecule has 104 valence electrons. The van der Waals surface area contributed by atoms with Crippen LogP contribution in [0, 0.1) is 0 Å². The molecule has 0 amide bonds. The molecule has 0 aliphatic carbocycles. The zero-order valence-corrected chi connectivity index (χ0v) is 12.3. The average Bonchev–Trinajstić information content (AvgIpc) is 3.05. The number of nitrogens with zero attached hydrogens (tertiary/aromatic N) is 1. The third kappa shape index (κ3) is 2.49. The summed E-state index contributed by atoms with van der Waals surface area (Å²) in [5, 5.41) is 5.37. The Balaban J connectivity index is 1.77. The summed E-state index contributed by atoms with van der Waals surface area (Å²) in [7, 11) is 0. The van der Waals surface area contributed by atoms with Crippen molar-refractivity contribution in [3.05, 3.63) is 40.6 Å². The number of aromatic nitrogens is 1. The van der Waals surface area contributed by atoms with E-state index < -0.39 is 0 Å². The number of nitrogens with two attached hydrogens (primary N) is 1. The molecule has 0 spiro atoms. The molecule has 0 aliphatic rings. The summed E-state index contributed by atoms with van der Waals surface area (Å²) < 4.78 is 5.66. The number of nitrogens with one attached hydrogen (secondary N) is 1. The number of fused-ring (bicyclic) bond motifs is 1. The summed E-state index contributed by atoms with van der Waals surface area (Å²) in [6.07, 6.45) is 0. The summed E-state index contributed by atoms with van der Waals surface area (Å²) in [6, 6.07) is 10.2. The van der Waals surface area contributed by atoms with Crippen LogP contribution in [0.3, 0.4) is 0 Å². The van der Waals surface area contributed by atoms with Gasteiger partial charge in [-0.1, -0.05) is 19.9 Å². The summed E-state index contributed by atoms with van der Waals surface area (Å²) in [5.41, 5.74) is 7.97. The number of oxazole rings is 1. The molecule has 0 radical (unpaired) electrons. The Kier molecular flexibility index (Phi) is 3.14. The van der Waals surface area contributed by atoms with Gasteiger partial charge in [-0.05, 0) is 23.6 Å². The van der Waals surface area contributed by atoms with E-state index in [4.69, 9.17) is 10.2 Å². The zero-order valence-electron chi connectivity index (χ0n) is 11.5. The molecular formula is C15H17N3OS. The first kappa shape index (κ1) is 13.0. The van der Waals surface area contributed by atoms with Crippen molar-refractivity contribution in [1.82, 2.24) is 4.98 Å². The van der Waals surface area contributed by atoms with Gasteiger partial charge in [-0.15, -0.1) is 11.3 Å². The molecule has 0 fully saturated rings. The topological polar surface area (TPSA) is 64.1 Å². The Bertz CT molecular complexity index is 716. The Morgan fingerprint density at radius 3 is 2.95 bits per heavy atom. The maximum Gasteiger partial charge on any atom is 0.295 e. The molecule has 0 aliphatic heterocycles. The highest BCUT2D eigenvalue weighted by atomic mass is 32.1. The largest absolute Gasteiger partial charge is 0.423 e. The van der Waals surface area contributed by atoms with Crippen LogP contribution in [0.1, 0.15) is 18.7 Å². The minimum absolute atomic E-state index is 0.0356. The molecule has 2 heterocycles. The number of hydrogen-bond acceptors (Lipinski definition) is 5. The van der Waals surface area contributed by atoms with E-state index in [-0.39, 0.29) is 5.41 Å². The van der Waals surface area contributed by atoms with E-state index in [9.17, 15) is 0 Å². The quantitative estimate of drug-likeness (QED) is 0.715. The summed E-state index contributed by atoms with van der Waals surface area (Å²) in [5.74, 6) is 0. The van der Waals surface area contributed by atoms with Crippen molar-refractivity contribution in [2.75, 3.05) is 17.6 Å². The first-order valence-corrected chi connectivity index (χ1v) is 7.36. The maximum absolute atomic E-state index is 5.73. The van der Waals surface area contributed by atoms with Crippen molar-refractivity contribution in [2.45, 2.75) is 19.3 Å². The number of benzene rings is 1. The fraction of sp³-hybridized carbons (Fsp3) is 0.267. The van der Waals surface area contributed by atoms with Gasteiger partial charge < -0.3 is 15.5 Å². The molecule has 1 aromatic carbocycles. The van der Waals surface area contributed by atoms with Gasteiger partial charge in [0.1, 0.15) is 5.52 Å². The van der Waals surface area contributed by atoms with Crippen LogP contribution >= 0.6 is 11.3 Å². The number of nitrogen functional groups attached to an aromatic ring is 1. The molecule has 0 saturated carbocycles. The molecular weight excluding hydrogens is 270 g/mol. The van der Waals surface area contributed by atoms with Crippen LogP contribution in [0.5, 0.6) is 0 Å². The highest BCUT2D eigenvalue weighted by Crippen LogP contribution is 2.28. The molecule has 4 nitrogen and oxygen atoms in total. The van der Waals surface area contributed by atoms with Crippen molar-refractivity contribution >= 4 is 34.1 Å². The van der Waals surface area contributed by atoms with Crippen LogP contribution < -0.4 is 11.1 Å². The van der Waals surface area contributed by atoms with E-state index in [1.54, 1.807) is 17.4 Å². The predicted octanol–water partition coefficient (Wildman–Crippen LogP) is 3.86. The van der Waals surface area contributed by atoms with Gasteiger partial charge in [0.15, 0.2) is 5.58 Å². The van der Waals surface area contributed by atoms with E-state index >= 15 is 0 Å². The fourth-order valence-corrected chi connectivity index (χ4v) is 2.92. The Labute approximate surface area is 121 Å². The van der Waals surface area contributed by atoms with Gasteiger partial charge in [-0.25, -0.2) is 0 Å². The van der Waals surface area contributed by atoms with E-state index in [0.717, 1.165) is 12.1 Å². The van der Waals surface area contributed by atoms with Gasteiger partial charge in [0, 0.05) is 28.6 Å². The van der Waals surface area contributed by atoms with E-state index in [2.05, 4.69) is 41.7 Å². The highest BCUT2D eigenvalue weighted by Gasteiger charge is 2.22. The van der Waals surface area contributed by atoms with Crippen LogP contribution in [0.2, 0.25) is 0 Å². The lowest BCUT2D eigenvalue weighted by molar-refractivity contribution is 0.544. The van der Waals surface area contributed by atoms with E-state index in [0.29, 0.717) is 17.3 Å². The van der Waals surface area contributed by atoms with Gasteiger partial charge in [-0.2, -0.15) is 4.98 Å². The zero-order chi connectivity index (χ0) is 14.2. The van der Waals surface area contributed by atoms with Crippen LogP contribution in [0.15, 0.2) is 40.1 Å². The van der Waals surface area contributed by atoms with Gasteiger partial charge in [0.2, 0.25) is 0 Å². The lowest BCUT2D eigenvalue weighted by atomic mass is 9.91. The minimum Gasteiger partial charge on any atom is -0.423 e. The molecule has 20 heavy (non-hydrogen) atoms. The van der Waals surface area contributed by atoms with Crippen molar-refractivity contribution in [3.8, 4) is 0 Å². The highest BCUT2D eigenvalue weighted by molar-refractivity contribution is 7.10. The fourth-order valence-electron chi connectivity index (χ4n) is 2.06. The molecule has 0 atom stereocenters. The normalized spacial score (nSPS) is 11.9. The van der Waals surface area contributed by atoms with Crippen molar-refractivity contribution < 1.29 is 4.42 Å². The summed E-state index contributed by atoms with van der Waals surface area (Å²) in [6.45, 7) is 5.16. The Morgan fingerprint density at radius 2 is 2.20 bits per heavy atom. The van der Waals surface area contributed by atoms with Gasteiger partial charge in [0.25, 0.3) is 6.01 Å². The second kappa shape index (κ2) is 4.83. The Hall–Kier alpha value is -2.01. The molecule has 0 bridgehead atoms. The lowest BCUT2D eigenvalue weighted by Crippen LogP contribution is -2.26. The molecule has 2 aromatic heterocycles. The van der Waals surface area contributed by atoms with Crippen molar-refractivity contribution in [1.29, 1.82) is 0 Å². The van der Waals surface area contributed by atoms with Gasteiger partial charge in [0.05, 0.1) is 0 Å².